The number of oxazole rings is 1. The Balaban J connectivity index is 0.00000242. The maximum absolute atomic E-state index is 11.8. The molecule has 0 saturated heterocycles. The summed E-state index contributed by atoms with van der Waals surface area (Å²) in [6, 6.07) is 5.47. The number of amides is 1. The van der Waals surface area contributed by atoms with Crippen LogP contribution in [0.1, 0.15) is 33.6 Å². The van der Waals surface area contributed by atoms with Crippen LogP contribution in [0.2, 0.25) is 0 Å². The standard InChI is InChI=1S/C16H23N3O2.ClH/c1-10(9-17)15(20)18-11-5-6-13-12(7-11)19-14(21-13)8-16(2,3)4;/h5-7,10H,8-9,17H2,1-4H3,(H,18,20);1H. The van der Waals surface area contributed by atoms with E-state index in [4.69, 9.17) is 10.2 Å². The number of carbonyl (C=O) groups is 1. The van der Waals surface area contributed by atoms with Crippen molar-refractivity contribution in [2.24, 2.45) is 17.1 Å². The normalized spacial score (nSPS) is 12.8. The zero-order chi connectivity index (χ0) is 15.6. The Labute approximate surface area is 137 Å². The summed E-state index contributed by atoms with van der Waals surface area (Å²) in [7, 11) is 0. The number of fused-ring (bicyclic) bond motifs is 1. The molecule has 5 nitrogen and oxygen atoms in total. The topological polar surface area (TPSA) is 81.2 Å². The van der Waals surface area contributed by atoms with Gasteiger partial charge in [-0.05, 0) is 23.6 Å². The second-order valence-electron chi connectivity index (χ2n) is 6.65. The number of aromatic nitrogens is 1. The highest BCUT2D eigenvalue weighted by Gasteiger charge is 2.17. The van der Waals surface area contributed by atoms with Gasteiger partial charge in [-0.25, -0.2) is 4.98 Å². The highest BCUT2D eigenvalue weighted by molar-refractivity contribution is 5.94. The molecule has 1 amide bonds. The lowest BCUT2D eigenvalue weighted by atomic mass is 9.92. The van der Waals surface area contributed by atoms with Crippen LogP contribution in [-0.2, 0) is 11.2 Å². The number of benzene rings is 1. The molecule has 0 aliphatic heterocycles. The number of nitrogens with zero attached hydrogens (tertiary/aromatic N) is 1. The third kappa shape index (κ3) is 4.71. The summed E-state index contributed by atoms with van der Waals surface area (Å²) in [5.41, 5.74) is 7.81. The van der Waals surface area contributed by atoms with Crippen molar-refractivity contribution in [1.82, 2.24) is 4.98 Å². The molecular formula is C16H24ClN3O2. The predicted molar refractivity (Wildman–Crippen MR) is 91.3 cm³/mol. The predicted octanol–water partition coefficient (Wildman–Crippen LogP) is 3.37. The van der Waals surface area contributed by atoms with E-state index >= 15 is 0 Å². The Morgan fingerprint density at radius 2 is 2.09 bits per heavy atom. The van der Waals surface area contributed by atoms with Crippen LogP contribution in [0.25, 0.3) is 11.1 Å². The molecule has 0 radical (unpaired) electrons. The fourth-order valence-corrected chi connectivity index (χ4v) is 1.95. The van der Waals surface area contributed by atoms with E-state index in [1.807, 2.05) is 18.2 Å². The largest absolute Gasteiger partial charge is 0.441 e. The summed E-state index contributed by atoms with van der Waals surface area (Å²) in [4.78, 5) is 16.3. The molecule has 1 aromatic heterocycles. The third-order valence-corrected chi connectivity index (χ3v) is 3.18. The van der Waals surface area contributed by atoms with Crippen molar-refractivity contribution in [3.63, 3.8) is 0 Å². The minimum Gasteiger partial charge on any atom is -0.441 e. The minimum atomic E-state index is -0.213. The van der Waals surface area contributed by atoms with E-state index in [9.17, 15) is 4.79 Å². The van der Waals surface area contributed by atoms with Crippen molar-refractivity contribution >= 4 is 35.1 Å². The Morgan fingerprint density at radius 1 is 1.41 bits per heavy atom. The van der Waals surface area contributed by atoms with Gasteiger partial charge in [-0.2, -0.15) is 0 Å². The van der Waals surface area contributed by atoms with Crippen molar-refractivity contribution in [2.45, 2.75) is 34.1 Å². The molecular weight excluding hydrogens is 302 g/mol. The molecule has 1 unspecified atom stereocenters. The molecule has 1 aromatic carbocycles. The van der Waals surface area contributed by atoms with Crippen LogP contribution in [0.3, 0.4) is 0 Å². The van der Waals surface area contributed by atoms with Crippen LogP contribution in [0.15, 0.2) is 22.6 Å². The summed E-state index contributed by atoms with van der Waals surface area (Å²) < 4.78 is 5.73. The lowest BCUT2D eigenvalue weighted by Gasteiger charge is -2.14. The van der Waals surface area contributed by atoms with Gasteiger partial charge in [-0.3, -0.25) is 4.79 Å². The molecule has 1 atom stereocenters. The molecule has 0 spiro atoms. The van der Waals surface area contributed by atoms with Crippen LogP contribution < -0.4 is 11.1 Å². The Kier molecular flexibility index (Phi) is 5.97. The molecule has 1 heterocycles. The van der Waals surface area contributed by atoms with Gasteiger partial charge in [0.15, 0.2) is 11.5 Å². The first kappa shape index (κ1) is 18.5. The molecule has 2 rings (SSSR count). The van der Waals surface area contributed by atoms with Gasteiger partial charge in [0, 0.05) is 24.6 Å². The molecule has 22 heavy (non-hydrogen) atoms. The first-order valence-corrected chi connectivity index (χ1v) is 7.19. The number of anilines is 1. The number of hydrogen-bond acceptors (Lipinski definition) is 4. The van der Waals surface area contributed by atoms with E-state index in [-0.39, 0.29) is 29.6 Å². The van der Waals surface area contributed by atoms with Crippen molar-refractivity contribution in [3.05, 3.63) is 24.1 Å². The minimum absolute atomic E-state index is 0. The van der Waals surface area contributed by atoms with Crippen molar-refractivity contribution in [3.8, 4) is 0 Å². The van der Waals surface area contributed by atoms with Crippen LogP contribution in [0, 0.1) is 11.3 Å². The van der Waals surface area contributed by atoms with Gasteiger partial charge in [-0.1, -0.05) is 27.7 Å². The molecule has 6 heteroatoms. The van der Waals surface area contributed by atoms with Gasteiger partial charge < -0.3 is 15.5 Å². The van der Waals surface area contributed by atoms with Gasteiger partial charge in [0.05, 0.1) is 0 Å². The number of hydrogen-bond donors (Lipinski definition) is 2. The van der Waals surface area contributed by atoms with Crippen molar-refractivity contribution < 1.29 is 9.21 Å². The number of rotatable bonds is 4. The Bertz CT molecular complexity index is 646. The maximum Gasteiger partial charge on any atom is 0.228 e. The number of nitrogens with one attached hydrogen (secondary N) is 1. The first-order valence-electron chi connectivity index (χ1n) is 7.19. The van der Waals surface area contributed by atoms with E-state index in [1.54, 1.807) is 6.92 Å². The van der Waals surface area contributed by atoms with Gasteiger partial charge in [0.2, 0.25) is 5.91 Å². The fourth-order valence-electron chi connectivity index (χ4n) is 1.95. The van der Waals surface area contributed by atoms with Crippen LogP contribution in [0.5, 0.6) is 0 Å². The third-order valence-electron chi connectivity index (χ3n) is 3.18. The SMILES string of the molecule is CC(CN)C(=O)Nc1ccc2oc(CC(C)(C)C)nc2c1.Cl. The van der Waals surface area contributed by atoms with E-state index < -0.39 is 0 Å². The summed E-state index contributed by atoms with van der Waals surface area (Å²) in [6.45, 7) is 8.55. The summed E-state index contributed by atoms with van der Waals surface area (Å²) in [6.07, 6.45) is 0.771. The van der Waals surface area contributed by atoms with Gasteiger partial charge in [0.25, 0.3) is 0 Å². The second-order valence-corrected chi connectivity index (χ2v) is 6.65. The van der Waals surface area contributed by atoms with Crippen molar-refractivity contribution in [2.75, 3.05) is 11.9 Å². The molecule has 0 saturated carbocycles. The fraction of sp³-hybridized carbons (Fsp3) is 0.500. The highest BCUT2D eigenvalue weighted by atomic mass is 35.5. The summed E-state index contributed by atoms with van der Waals surface area (Å²) >= 11 is 0. The smallest absolute Gasteiger partial charge is 0.228 e. The van der Waals surface area contributed by atoms with Crippen LogP contribution in [-0.4, -0.2) is 17.4 Å². The van der Waals surface area contributed by atoms with E-state index in [0.717, 1.165) is 23.4 Å². The molecule has 3 N–H and O–H groups in total. The zero-order valence-electron chi connectivity index (χ0n) is 13.5. The Morgan fingerprint density at radius 3 is 2.68 bits per heavy atom. The summed E-state index contributed by atoms with van der Waals surface area (Å²) in [5.74, 6) is 0.418. The van der Waals surface area contributed by atoms with Crippen LogP contribution >= 0.6 is 12.4 Å². The lowest BCUT2D eigenvalue weighted by molar-refractivity contribution is -0.119. The van der Waals surface area contributed by atoms with E-state index in [0.29, 0.717) is 12.2 Å². The molecule has 0 aliphatic rings. The number of nitrogens with two attached hydrogens (primary N) is 1. The zero-order valence-corrected chi connectivity index (χ0v) is 14.3. The molecule has 0 bridgehead atoms. The average molecular weight is 326 g/mol. The second kappa shape index (κ2) is 7.11. The number of halogens is 1. The van der Waals surface area contributed by atoms with Gasteiger partial charge >= 0.3 is 0 Å². The Hall–Kier alpha value is -1.59. The number of carbonyl (C=O) groups excluding carboxylic acids is 1. The average Bonchev–Trinajstić information content (AvgIpc) is 2.76. The lowest BCUT2D eigenvalue weighted by Crippen LogP contribution is -2.26. The first-order chi connectivity index (χ1) is 9.78. The van der Waals surface area contributed by atoms with Crippen LogP contribution in [0.4, 0.5) is 5.69 Å². The molecule has 2 aromatic rings. The van der Waals surface area contributed by atoms with E-state index in [1.165, 1.54) is 0 Å². The molecule has 0 fully saturated rings. The van der Waals surface area contributed by atoms with Gasteiger partial charge in [0.1, 0.15) is 5.52 Å². The summed E-state index contributed by atoms with van der Waals surface area (Å²) in [5, 5.41) is 2.84. The molecule has 122 valence electrons. The maximum atomic E-state index is 11.8. The van der Waals surface area contributed by atoms with E-state index in [2.05, 4.69) is 31.1 Å². The van der Waals surface area contributed by atoms with Gasteiger partial charge in [-0.15, -0.1) is 12.4 Å². The quantitative estimate of drug-likeness (QED) is 0.903. The monoisotopic (exact) mass is 325 g/mol. The molecule has 0 aliphatic carbocycles. The highest BCUT2D eigenvalue weighted by Crippen LogP contribution is 2.25. The van der Waals surface area contributed by atoms with Crippen molar-refractivity contribution in [1.29, 1.82) is 0 Å².